The number of benzene rings is 1. The number of anilines is 1. The third-order valence-electron chi connectivity index (χ3n) is 2.40. The van der Waals surface area contributed by atoms with E-state index in [0.717, 1.165) is 12.2 Å². The number of ether oxygens (including phenoxy) is 1. The first-order chi connectivity index (χ1) is 8.63. The lowest BCUT2D eigenvalue weighted by atomic mass is 10.3. The molecule has 0 atom stereocenters. The van der Waals surface area contributed by atoms with Crippen molar-refractivity contribution in [2.24, 2.45) is 0 Å². The average molecular weight is 251 g/mol. The molecule has 0 fully saturated rings. The Morgan fingerprint density at radius 1 is 1.33 bits per heavy atom. The Labute approximate surface area is 108 Å². The van der Waals surface area contributed by atoms with Gasteiger partial charge in [0.05, 0.1) is 5.69 Å². The maximum atomic E-state index is 11.5. The van der Waals surface area contributed by atoms with Crippen LogP contribution in [0.15, 0.2) is 24.3 Å². The molecule has 0 bridgehead atoms. The van der Waals surface area contributed by atoms with Crippen LogP contribution in [0.3, 0.4) is 0 Å². The fourth-order valence-corrected chi connectivity index (χ4v) is 1.41. The van der Waals surface area contributed by atoms with Crippen molar-refractivity contribution in [3.05, 3.63) is 24.3 Å². The highest BCUT2D eigenvalue weighted by molar-refractivity contribution is 5.77. The van der Waals surface area contributed by atoms with Crippen LogP contribution in [0, 0.1) is 0 Å². The minimum Gasteiger partial charge on any atom is -0.482 e. The minimum atomic E-state index is -0.109. The van der Waals surface area contributed by atoms with Gasteiger partial charge in [-0.1, -0.05) is 12.1 Å². The van der Waals surface area contributed by atoms with Crippen LogP contribution in [0.2, 0.25) is 0 Å². The third-order valence-corrected chi connectivity index (χ3v) is 2.40. The molecule has 0 aliphatic heterocycles. The predicted molar refractivity (Wildman–Crippen MR) is 73.0 cm³/mol. The lowest BCUT2D eigenvalue weighted by Crippen LogP contribution is -2.34. The minimum absolute atomic E-state index is 0.0339. The SMILES string of the molecule is CNc1ccccc1OCC(=O)NCCN(C)C. The highest BCUT2D eigenvalue weighted by Crippen LogP contribution is 2.22. The summed E-state index contributed by atoms with van der Waals surface area (Å²) in [6, 6.07) is 7.52. The average Bonchev–Trinajstić information content (AvgIpc) is 2.36. The molecule has 0 aliphatic carbocycles. The van der Waals surface area contributed by atoms with Crippen LogP contribution in [0.1, 0.15) is 0 Å². The van der Waals surface area contributed by atoms with Crippen LogP contribution in [0.25, 0.3) is 0 Å². The van der Waals surface area contributed by atoms with Gasteiger partial charge in [-0.2, -0.15) is 0 Å². The molecule has 100 valence electrons. The summed E-state index contributed by atoms with van der Waals surface area (Å²) in [7, 11) is 5.75. The van der Waals surface area contributed by atoms with Gasteiger partial charge in [0.1, 0.15) is 5.75 Å². The molecule has 0 spiro atoms. The zero-order valence-electron chi connectivity index (χ0n) is 11.2. The van der Waals surface area contributed by atoms with Gasteiger partial charge in [0.15, 0.2) is 6.61 Å². The highest BCUT2D eigenvalue weighted by Gasteiger charge is 2.05. The van der Waals surface area contributed by atoms with E-state index in [2.05, 4.69) is 10.6 Å². The van der Waals surface area contributed by atoms with Crippen molar-refractivity contribution in [2.45, 2.75) is 0 Å². The summed E-state index contributed by atoms with van der Waals surface area (Å²) in [4.78, 5) is 13.5. The summed E-state index contributed by atoms with van der Waals surface area (Å²) in [5.74, 6) is 0.575. The number of hydrogen-bond acceptors (Lipinski definition) is 4. The van der Waals surface area contributed by atoms with Crippen molar-refractivity contribution < 1.29 is 9.53 Å². The third kappa shape index (κ3) is 5.05. The molecule has 0 radical (unpaired) electrons. The van der Waals surface area contributed by atoms with Gasteiger partial charge >= 0.3 is 0 Å². The van der Waals surface area contributed by atoms with Crippen LogP contribution in [-0.2, 0) is 4.79 Å². The van der Waals surface area contributed by atoms with Gasteiger partial charge in [0.25, 0.3) is 5.91 Å². The first-order valence-corrected chi connectivity index (χ1v) is 5.94. The molecule has 1 amide bonds. The molecule has 1 aromatic rings. The van der Waals surface area contributed by atoms with Gasteiger partial charge in [-0.25, -0.2) is 0 Å². The Morgan fingerprint density at radius 3 is 2.72 bits per heavy atom. The van der Waals surface area contributed by atoms with E-state index in [0.29, 0.717) is 12.3 Å². The van der Waals surface area contributed by atoms with Gasteiger partial charge in [-0.3, -0.25) is 4.79 Å². The van der Waals surface area contributed by atoms with E-state index in [4.69, 9.17) is 4.74 Å². The van der Waals surface area contributed by atoms with E-state index in [-0.39, 0.29) is 12.5 Å². The van der Waals surface area contributed by atoms with Crippen LogP contribution in [-0.4, -0.2) is 51.6 Å². The van der Waals surface area contributed by atoms with E-state index in [1.807, 2.05) is 50.3 Å². The summed E-state index contributed by atoms with van der Waals surface area (Å²) in [5.41, 5.74) is 0.874. The number of para-hydroxylation sites is 2. The molecule has 0 aromatic heterocycles. The molecule has 2 N–H and O–H groups in total. The van der Waals surface area contributed by atoms with E-state index < -0.39 is 0 Å². The molecule has 0 aliphatic rings. The Kier molecular flexibility index (Phi) is 6.00. The number of rotatable bonds is 7. The molecular formula is C13H21N3O2. The Balaban J connectivity index is 2.33. The molecule has 5 nitrogen and oxygen atoms in total. The van der Waals surface area contributed by atoms with E-state index in [9.17, 15) is 4.79 Å². The van der Waals surface area contributed by atoms with Gasteiger partial charge in [0.2, 0.25) is 0 Å². The lowest BCUT2D eigenvalue weighted by Gasteiger charge is -2.12. The second-order valence-corrected chi connectivity index (χ2v) is 4.19. The quantitative estimate of drug-likeness (QED) is 0.752. The number of hydrogen-bond donors (Lipinski definition) is 2. The molecular weight excluding hydrogens is 230 g/mol. The summed E-state index contributed by atoms with van der Waals surface area (Å²) < 4.78 is 5.46. The number of carbonyl (C=O) groups is 1. The van der Waals surface area contributed by atoms with Crippen LogP contribution >= 0.6 is 0 Å². The maximum absolute atomic E-state index is 11.5. The predicted octanol–water partition coefficient (Wildman–Crippen LogP) is 0.785. The maximum Gasteiger partial charge on any atom is 0.257 e. The second-order valence-electron chi connectivity index (χ2n) is 4.19. The number of carbonyl (C=O) groups excluding carboxylic acids is 1. The normalized spacial score (nSPS) is 10.2. The van der Waals surface area contributed by atoms with Gasteiger partial charge in [-0.15, -0.1) is 0 Å². The molecule has 5 heteroatoms. The summed E-state index contributed by atoms with van der Waals surface area (Å²) in [6.45, 7) is 1.48. The first kappa shape index (κ1) is 14.3. The van der Waals surface area contributed by atoms with Crippen molar-refractivity contribution in [1.82, 2.24) is 10.2 Å². The van der Waals surface area contributed by atoms with Crippen molar-refractivity contribution in [3.8, 4) is 5.75 Å². The first-order valence-electron chi connectivity index (χ1n) is 5.94. The number of amides is 1. The topological polar surface area (TPSA) is 53.6 Å². The van der Waals surface area contributed by atoms with Crippen LogP contribution < -0.4 is 15.4 Å². The molecule has 0 saturated carbocycles. The monoisotopic (exact) mass is 251 g/mol. The fourth-order valence-electron chi connectivity index (χ4n) is 1.41. The van der Waals surface area contributed by atoms with Crippen molar-refractivity contribution in [3.63, 3.8) is 0 Å². The highest BCUT2D eigenvalue weighted by atomic mass is 16.5. The number of likely N-dealkylation sites (N-methyl/N-ethyl adjacent to an activating group) is 1. The van der Waals surface area contributed by atoms with E-state index in [1.165, 1.54) is 0 Å². The molecule has 18 heavy (non-hydrogen) atoms. The van der Waals surface area contributed by atoms with Gasteiger partial charge in [0, 0.05) is 20.1 Å². The fraction of sp³-hybridized carbons (Fsp3) is 0.462. The largest absolute Gasteiger partial charge is 0.482 e. The molecule has 1 rings (SSSR count). The molecule has 1 aromatic carbocycles. The second kappa shape index (κ2) is 7.55. The van der Waals surface area contributed by atoms with Gasteiger partial charge < -0.3 is 20.3 Å². The lowest BCUT2D eigenvalue weighted by molar-refractivity contribution is -0.123. The number of nitrogens with zero attached hydrogens (tertiary/aromatic N) is 1. The molecule has 0 heterocycles. The molecule has 0 unspecified atom stereocenters. The smallest absolute Gasteiger partial charge is 0.257 e. The zero-order chi connectivity index (χ0) is 13.4. The standard InChI is InChI=1S/C13H21N3O2/c1-14-11-6-4-5-7-12(11)18-10-13(17)15-8-9-16(2)3/h4-7,14H,8-10H2,1-3H3,(H,15,17). The Morgan fingerprint density at radius 2 is 2.06 bits per heavy atom. The Hall–Kier alpha value is -1.75. The van der Waals surface area contributed by atoms with E-state index >= 15 is 0 Å². The summed E-state index contributed by atoms with van der Waals surface area (Å²) in [5, 5.41) is 5.81. The summed E-state index contributed by atoms with van der Waals surface area (Å²) >= 11 is 0. The number of nitrogens with one attached hydrogen (secondary N) is 2. The van der Waals surface area contributed by atoms with E-state index in [1.54, 1.807) is 0 Å². The summed E-state index contributed by atoms with van der Waals surface area (Å²) in [6.07, 6.45) is 0. The van der Waals surface area contributed by atoms with Crippen LogP contribution in [0.4, 0.5) is 5.69 Å². The zero-order valence-corrected chi connectivity index (χ0v) is 11.2. The van der Waals surface area contributed by atoms with Crippen molar-refractivity contribution in [2.75, 3.05) is 46.2 Å². The van der Waals surface area contributed by atoms with Crippen molar-refractivity contribution >= 4 is 11.6 Å². The molecule has 0 saturated heterocycles. The Bertz CT molecular complexity index is 380. The van der Waals surface area contributed by atoms with Crippen LogP contribution in [0.5, 0.6) is 5.75 Å². The van der Waals surface area contributed by atoms with Crippen molar-refractivity contribution in [1.29, 1.82) is 0 Å². The van der Waals surface area contributed by atoms with Gasteiger partial charge in [-0.05, 0) is 26.2 Å².